The minimum absolute atomic E-state index is 0.217. The van der Waals surface area contributed by atoms with Crippen LogP contribution in [0.15, 0.2) is 36.4 Å². The van der Waals surface area contributed by atoms with Crippen molar-refractivity contribution in [3.05, 3.63) is 53.1 Å². The topological polar surface area (TPSA) is 82.0 Å². The average molecular weight is 434 g/mol. The lowest BCUT2D eigenvalue weighted by atomic mass is 9.78. The lowest BCUT2D eigenvalue weighted by Crippen LogP contribution is -2.30. The summed E-state index contributed by atoms with van der Waals surface area (Å²) in [4.78, 5) is 14.2. The number of anilines is 2. The number of benzene rings is 2. The molecule has 6 nitrogen and oxygen atoms in total. The second-order valence-electron chi connectivity index (χ2n) is 8.28. The minimum Gasteiger partial charge on any atom is -0.423 e. The van der Waals surface area contributed by atoms with Crippen molar-refractivity contribution in [2.45, 2.75) is 44.7 Å². The first kappa shape index (κ1) is 21.7. The van der Waals surface area contributed by atoms with Crippen molar-refractivity contribution >= 4 is 29.9 Å². The van der Waals surface area contributed by atoms with E-state index in [1.165, 1.54) is 17.0 Å². The molecule has 0 aliphatic carbocycles. The highest BCUT2D eigenvalue weighted by molar-refractivity contribution is 6.62. The first-order valence-electron chi connectivity index (χ1n) is 9.95. The maximum absolute atomic E-state index is 13.7. The van der Waals surface area contributed by atoms with Crippen LogP contribution in [-0.2, 0) is 16.4 Å². The SMILES string of the molecule is CC1(C)OB(O)c2cc(NC(=O)c3ccc(N4CCCC4O)cc3C(F)(F)F)ccc21. The third-order valence-corrected chi connectivity index (χ3v) is 5.74. The number of amides is 1. The molecule has 164 valence electrons. The summed E-state index contributed by atoms with van der Waals surface area (Å²) < 4.78 is 46.6. The molecule has 10 heteroatoms. The first-order chi connectivity index (χ1) is 14.5. The Morgan fingerprint density at radius 3 is 2.65 bits per heavy atom. The van der Waals surface area contributed by atoms with Crippen LogP contribution in [0.1, 0.15) is 48.2 Å². The highest BCUT2D eigenvalue weighted by atomic mass is 19.4. The Bertz CT molecular complexity index is 1030. The Labute approximate surface area is 177 Å². The second-order valence-corrected chi connectivity index (χ2v) is 8.28. The van der Waals surface area contributed by atoms with E-state index in [1.807, 2.05) is 0 Å². The Kier molecular flexibility index (Phi) is 5.27. The molecule has 0 bridgehead atoms. The van der Waals surface area contributed by atoms with Crippen molar-refractivity contribution in [3.63, 3.8) is 0 Å². The molecule has 2 aliphatic rings. The molecule has 4 rings (SSSR count). The summed E-state index contributed by atoms with van der Waals surface area (Å²) in [7, 11) is -1.18. The Morgan fingerprint density at radius 2 is 2.00 bits per heavy atom. The van der Waals surface area contributed by atoms with Crippen LogP contribution in [0.3, 0.4) is 0 Å². The fourth-order valence-electron chi connectivity index (χ4n) is 4.19. The monoisotopic (exact) mass is 434 g/mol. The molecule has 31 heavy (non-hydrogen) atoms. The number of nitrogens with zero attached hydrogens (tertiary/aromatic N) is 1. The number of aliphatic hydroxyl groups is 1. The van der Waals surface area contributed by atoms with E-state index in [0.29, 0.717) is 24.8 Å². The minimum atomic E-state index is -4.75. The summed E-state index contributed by atoms with van der Waals surface area (Å²) in [6.07, 6.45) is -4.44. The van der Waals surface area contributed by atoms with E-state index in [0.717, 1.165) is 17.7 Å². The highest BCUT2D eigenvalue weighted by Crippen LogP contribution is 2.37. The number of nitrogens with one attached hydrogen (secondary N) is 1. The molecule has 1 fully saturated rings. The number of carbonyl (C=O) groups excluding carboxylic acids is 1. The van der Waals surface area contributed by atoms with Gasteiger partial charge in [-0.1, -0.05) is 6.07 Å². The maximum atomic E-state index is 13.7. The first-order valence-corrected chi connectivity index (χ1v) is 9.95. The molecular weight excluding hydrogens is 412 g/mol. The van der Waals surface area contributed by atoms with Crippen LogP contribution in [0.25, 0.3) is 0 Å². The van der Waals surface area contributed by atoms with E-state index in [4.69, 9.17) is 4.65 Å². The van der Waals surface area contributed by atoms with Crippen molar-refractivity contribution in [3.8, 4) is 0 Å². The number of hydrogen-bond acceptors (Lipinski definition) is 5. The fraction of sp³-hybridized carbons (Fsp3) is 0.381. The van der Waals surface area contributed by atoms with Crippen LogP contribution >= 0.6 is 0 Å². The van der Waals surface area contributed by atoms with Gasteiger partial charge in [-0.15, -0.1) is 0 Å². The molecule has 0 saturated carbocycles. The predicted molar refractivity (Wildman–Crippen MR) is 110 cm³/mol. The molecule has 2 aliphatic heterocycles. The van der Waals surface area contributed by atoms with Gasteiger partial charge in [0.05, 0.1) is 16.7 Å². The molecule has 2 aromatic carbocycles. The maximum Gasteiger partial charge on any atom is 0.492 e. The smallest absolute Gasteiger partial charge is 0.423 e. The fourth-order valence-corrected chi connectivity index (χ4v) is 4.19. The number of fused-ring (bicyclic) bond motifs is 1. The van der Waals surface area contributed by atoms with Gasteiger partial charge < -0.3 is 25.0 Å². The molecular formula is C21H22BF3N2O4. The van der Waals surface area contributed by atoms with Gasteiger partial charge >= 0.3 is 13.3 Å². The number of aliphatic hydroxyl groups excluding tert-OH is 1. The van der Waals surface area contributed by atoms with E-state index in [-0.39, 0.29) is 11.4 Å². The lowest BCUT2D eigenvalue weighted by Gasteiger charge is -2.24. The van der Waals surface area contributed by atoms with E-state index in [2.05, 4.69) is 5.32 Å². The van der Waals surface area contributed by atoms with Gasteiger partial charge in [-0.05, 0) is 68.0 Å². The van der Waals surface area contributed by atoms with E-state index < -0.39 is 42.2 Å². The standard InChI is InChI=1S/C21H22BF3N2O4/c1-20(2)15-8-5-12(10-17(15)22(30)31-20)26-19(29)14-7-6-13(11-16(14)21(23,24)25)27-9-3-4-18(27)28/h5-8,10-11,18,28,30H,3-4,9H2,1-2H3,(H,26,29). The van der Waals surface area contributed by atoms with Crippen molar-refractivity contribution in [1.82, 2.24) is 0 Å². The molecule has 1 atom stereocenters. The van der Waals surface area contributed by atoms with Gasteiger partial charge in [-0.2, -0.15) is 13.2 Å². The number of hydrogen-bond donors (Lipinski definition) is 3. The van der Waals surface area contributed by atoms with Gasteiger partial charge in [0.25, 0.3) is 5.91 Å². The molecule has 1 amide bonds. The van der Waals surface area contributed by atoms with Crippen LogP contribution in [0.4, 0.5) is 24.5 Å². The summed E-state index contributed by atoms with van der Waals surface area (Å²) >= 11 is 0. The molecule has 3 N–H and O–H groups in total. The average Bonchev–Trinajstić information content (AvgIpc) is 3.21. The van der Waals surface area contributed by atoms with Gasteiger partial charge in [0, 0.05) is 17.9 Å². The van der Waals surface area contributed by atoms with Gasteiger partial charge in [0.1, 0.15) is 6.23 Å². The van der Waals surface area contributed by atoms with Crippen LogP contribution in [0.2, 0.25) is 0 Å². The molecule has 2 heterocycles. The van der Waals surface area contributed by atoms with Gasteiger partial charge in [-0.3, -0.25) is 4.79 Å². The number of halogens is 3. The normalized spacial score (nSPS) is 20.2. The van der Waals surface area contributed by atoms with Gasteiger partial charge in [0.15, 0.2) is 0 Å². The van der Waals surface area contributed by atoms with Crippen molar-refractivity contribution in [2.75, 3.05) is 16.8 Å². The molecule has 0 spiro atoms. The van der Waals surface area contributed by atoms with Crippen molar-refractivity contribution < 1.29 is 32.8 Å². The van der Waals surface area contributed by atoms with Gasteiger partial charge in [-0.25, -0.2) is 0 Å². The quantitative estimate of drug-likeness (QED) is 0.648. The summed E-state index contributed by atoms with van der Waals surface area (Å²) in [5.74, 6) is -0.923. The lowest BCUT2D eigenvalue weighted by molar-refractivity contribution is -0.137. The van der Waals surface area contributed by atoms with Gasteiger partial charge in [0.2, 0.25) is 0 Å². The van der Waals surface area contributed by atoms with Crippen molar-refractivity contribution in [1.29, 1.82) is 0 Å². The highest BCUT2D eigenvalue weighted by Gasteiger charge is 2.41. The number of carbonyl (C=O) groups is 1. The summed E-state index contributed by atoms with van der Waals surface area (Å²) in [5, 5.41) is 22.5. The number of rotatable bonds is 3. The molecule has 0 aromatic heterocycles. The van der Waals surface area contributed by atoms with E-state index >= 15 is 0 Å². The van der Waals surface area contributed by atoms with Crippen LogP contribution in [0, 0.1) is 0 Å². The summed E-state index contributed by atoms with van der Waals surface area (Å²) in [5.41, 5.74) is -0.656. The summed E-state index contributed by atoms with van der Waals surface area (Å²) in [6.45, 7) is 4.02. The molecule has 0 radical (unpaired) electrons. The van der Waals surface area contributed by atoms with Crippen LogP contribution in [-0.4, -0.2) is 35.9 Å². The van der Waals surface area contributed by atoms with E-state index in [9.17, 15) is 28.1 Å². The van der Waals surface area contributed by atoms with Crippen LogP contribution in [0.5, 0.6) is 0 Å². The Hall–Kier alpha value is -2.56. The third kappa shape index (κ3) is 4.02. The van der Waals surface area contributed by atoms with Crippen molar-refractivity contribution in [2.24, 2.45) is 0 Å². The Balaban J connectivity index is 1.64. The van der Waals surface area contributed by atoms with E-state index in [1.54, 1.807) is 26.0 Å². The number of alkyl halides is 3. The zero-order valence-electron chi connectivity index (χ0n) is 17.0. The molecule has 1 saturated heterocycles. The molecule has 1 unspecified atom stereocenters. The Morgan fingerprint density at radius 1 is 1.26 bits per heavy atom. The van der Waals surface area contributed by atoms with Crippen LogP contribution < -0.4 is 15.7 Å². The molecule has 2 aromatic rings. The predicted octanol–water partition coefficient (Wildman–Crippen LogP) is 2.83. The zero-order valence-corrected chi connectivity index (χ0v) is 17.0. The third-order valence-electron chi connectivity index (χ3n) is 5.74. The second kappa shape index (κ2) is 7.54. The zero-order chi connectivity index (χ0) is 22.6. The summed E-state index contributed by atoms with van der Waals surface area (Å²) in [6, 6.07) is 8.14. The largest absolute Gasteiger partial charge is 0.492 e.